The molecule has 1 aliphatic rings. The number of anilines is 1. The van der Waals surface area contributed by atoms with Crippen LogP contribution in [0.5, 0.6) is 0 Å². The first-order chi connectivity index (χ1) is 9.69. The summed E-state index contributed by atoms with van der Waals surface area (Å²) in [6.45, 7) is 2.33. The van der Waals surface area contributed by atoms with E-state index in [4.69, 9.17) is 5.26 Å². The van der Waals surface area contributed by atoms with Crippen LogP contribution in [-0.4, -0.2) is 17.4 Å². The lowest BCUT2D eigenvalue weighted by molar-refractivity contribution is -0.116. The average Bonchev–Trinajstić information content (AvgIpc) is 2.90. The molecule has 0 bridgehead atoms. The van der Waals surface area contributed by atoms with Crippen molar-refractivity contribution in [1.82, 2.24) is 4.98 Å². The van der Waals surface area contributed by atoms with Gasteiger partial charge in [0.15, 0.2) is 0 Å². The lowest BCUT2D eigenvalue weighted by Crippen LogP contribution is -2.25. The molecule has 0 unspecified atom stereocenters. The second-order valence-corrected chi connectivity index (χ2v) is 4.84. The number of hydrogen-bond donors (Lipinski definition) is 0. The Balaban J connectivity index is 2.02. The largest absolute Gasteiger partial charge is 0.312 e. The van der Waals surface area contributed by atoms with Gasteiger partial charge in [-0.1, -0.05) is 6.07 Å². The minimum Gasteiger partial charge on any atom is -0.312 e. The van der Waals surface area contributed by atoms with E-state index in [0.29, 0.717) is 5.56 Å². The number of rotatable bonds is 1. The van der Waals surface area contributed by atoms with E-state index in [0.717, 1.165) is 29.8 Å². The highest BCUT2D eigenvalue weighted by Gasteiger charge is 2.22. The van der Waals surface area contributed by atoms with Crippen LogP contribution in [0.25, 0.3) is 11.1 Å². The molecule has 0 saturated carbocycles. The first-order valence-electron chi connectivity index (χ1n) is 6.45. The Labute approximate surface area is 117 Å². The van der Waals surface area contributed by atoms with Crippen LogP contribution in [0.15, 0.2) is 36.7 Å². The molecule has 1 aromatic heterocycles. The van der Waals surface area contributed by atoms with Gasteiger partial charge in [-0.2, -0.15) is 5.26 Å². The van der Waals surface area contributed by atoms with Crippen molar-refractivity contribution >= 4 is 11.6 Å². The highest BCUT2D eigenvalue weighted by atomic mass is 16.2. The average molecular weight is 263 g/mol. The smallest absolute Gasteiger partial charge is 0.223 e. The molecular weight excluding hydrogens is 250 g/mol. The van der Waals surface area contributed by atoms with Gasteiger partial charge in [-0.3, -0.25) is 9.78 Å². The predicted molar refractivity (Wildman–Crippen MR) is 76.1 cm³/mol. The van der Waals surface area contributed by atoms with Gasteiger partial charge in [-0.25, -0.2) is 0 Å². The molecular formula is C16H13N3O. The van der Waals surface area contributed by atoms with Crippen LogP contribution >= 0.6 is 0 Å². The van der Waals surface area contributed by atoms with E-state index in [1.54, 1.807) is 24.2 Å². The standard InChI is InChI=1S/C16H13N3O/c1-11(20)19-5-4-14-7-13(2-3-16(14)19)15-6-12(8-17)9-18-10-15/h2-3,6-7,9-10H,4-5H2,1H3. The third kappa shape index (κ3) is 2.04. The minimum absolute atomic E-state index is 0.0737. The minimum atomic E-state index is 0.0737. The number of carbonyl (C=O) groups is 1. The van der Waals surface area contributed by atoms with E-state index < -0.39 is 0 Å². The Kier molecular flexibility index (Phi) is 2.96. The molecule has 0 N–H and O–H groups in total. The van der Waals surface area contributed by atoms with Crippen molar-refractivity contribution in [2.45, 2.75) is 13.3 Å². The number of nitrogens with zero attached hydrogens (tertiary/aromatic N) is 3. The summed E-state index contributed by atoms with van der Waals surface area (Å²) in [6, 6.07) is 9.94. The maximum absolute atomic E-state index is 11.5. The Morgan fingerprint density at radius 2 is 2.15 bits per heavy atom. The first kappa shape index (κ1) is 12.4. The van der Waals surface area contributed by atoms with Crippen molar-refractivity contribution in [1.29, 1.82) is 5.26 Å². The highest BCUT2D eigenvalue weighted by molar-refractivity contribution is 5.94. The Bertz CT molecular complexity index is 731. The van der Waals surface area contributed by atoms with Gasteiger partial charge < -0.3 is 4.90 Å². The SMILES string of the molecule is CC(=O)N1CCc2cc(-c3cncc(C#N)c3)ccc21. The maximum atomic E-state index is 11.5. The summed E-state index contributed by atoms with van der Waals surface area (Å²) in [6.07, 6.45) is 4.17. The monoisotopic (exact) mass is 263 g/mol. The number of benzene rings is 1. The van der Waals surface area contributed by atoms with Gasteiger partial charge in [-0.05, 0) is 35.7 Å². The second kappa shape index (κ2) is 4.78. The molecule has 0 atom stereocenters. The van der Waals surface area contributed by atoms with Crippen LogP contribution in [0, 0.1) is 11.3 Å². The number of aromatic nitrogens is 1. The summed E-state index contributed by atoms with van der Waals surface area (Å²) in [5.74, 6) is 0.0737. The summed E-state index contributed by atoms with van der Waals surface area (Å²) >= 11 is 0. The van der Waals surface area contributed by atoms with Gasteiger partial charge in [-0.15, -0.1) is 0 Å². The summed E-state index contributed by atoms with van der Waals surface area (Å²) in [5.41, 5.74) is 4.66. The molecule has 3 rings (SSSR count). The van der Waals surface area contributed by atoms with Crippen molar-refractivity contribution in [3.63, 3.8) is 0 Å². The number of amides is 1. The van der Waals surface area contributed by atoms with Crippen molar-refractivity contribution in [3.8, 4) is 17.2 Å². The molecule has 0 spiro atoms. The molecule has 2 aromatic rings. The zero-order valence-corrected chi connectivity index (χ0v) is 11.1. The Morgan fingerprint density at radius 1 is 1.30 bits per heavy atom. The third-order valence-corrected chi connectivity index (χ3v) is 3.56. The van der Waals surface area contributed by atoms with Crippen molar-refractivity contribution < 1.29 is 4.79 Å². The van der Waals surface area contributed by atoms with E-state index in [9.17, 15) is 4.79 Å². The summed E-state index contributed by atoms with van der Waals surface area (Å²) < 4.78 is 0. The first-order valence-corrected chi connectivity index (χ1v) is 6.45. The lowest BCUT2D eigenvalue weighted by atomic mass is 10.0. The van der Waals surface area contributed by atoms with E-state index in [-0.39, 0.29) is 5.91 Å². The molecule has 4 nitrogen and oxygen atoms in total. The van der Waals surface area contributed by atoms with E-state index in [1.165, 1.54) is 5.56 Å². The van der Waals surface area contributed by atoms with Gasteiger partial charge in [0.05, 0.1) is 5.56 Å². The normalized spacial score (nSPS) is 12.9. The van der Waals surface area contributed by atoms with E-state index >= 15 is 0 Å². The van der Waals surface area contributed by atoms with Crippen LogP contribution in [-0.2, 0) is 11.2 Å². The topological polar surface area (TPSA) is 57.0 Å². The molecule has 0 aliphatic carbocycles. The fourth-order valence-electron chi connectivity index (χ4n) is 2.57. The molecule has 20 heavy (non-hydrogen) atoms. The van der Waals surface area contributed by atoms with Crippen LogP contribution in [0.2, 0.25) is 0 Å². The zero-order chi connectivity index (χ0) is 14.1. The van der Waals surface area contributed by atoms with Gasteiger partial charge in [0.2, 0.25) is 5.91 Å². The van der Waals surface area contributed by atoms with Crippen molar-refractivity contribution in [2.24, 2.45) is 0 Å². The van der Waals surface area contributed by atoms with Gasteiger partial charge >= 0.3 is 0 Å². The number of pyridine rings is 1. The fourth-order valence-corrected chi connectivity index (χ4v) is 2.57. The van der Waals surface area contributed by atoms with Gasteiger partial charge in [0, 0.05) is 37.1 Å². The zero-order valence-electron chi connectivity index (χ0n) is 11.1. The van der Waals surface area contributed by atoms with E-state index in [1.807, 2.05) is 18.2 Å². The number of fused-ring (bicyclic) bond motifs is 1. The molecule has 1 aliphatic heterocycles. The summed E-state index contributed by atoms with van der Waals surface area (Å²) in [5, 5.41) is 8.93. The molecule has 98 valence electrons. The van der Waals surface area contributed by atoms with Crippen LogP contribution < -0.4 is 4.90 Å². The summed E-state index contributed by atoms with van der Waals surface area (Å²) in [7, 11) is 0. The molecule has 1 aromatic carbocycles. The number of carbonyl (C=O) groups excluding carboxylic acids is 1. The Hall–Kier alpha value is -2.67. The molecule has 2 heterocycles. The summed E-state index contributed by atoms with van der Waals surface area (Å²) in [4.78, 5) is 17.4. The molecule has 1 amide bonds. The molecule has 4 heteroatoms. The van der Waals surface area contributed by atoms with Crippen LogP contribution in [0.4, 0.5) is 5.69 Å². The molecule has 0 fully saturated rings. The van der Waals surface area contributed by atoms with Crippen molar-refractivity contribution in [3.05, 3.63) is 47.8 Å². The quantitative estimate of drug-likeness (QED) is 0.794. The maximum Gasteiger partial charge on any atom is 0.223 e. The van der Waals surface area contributed by atoms with Crippen molar-refractivity contribution in [2.75, 3.05) is 11.4 Å². The second-order valence-electron chi connectivity index (χ2n) is 4.84. The number of hydrogen-bond acceptors (Lipinski definition) is 3. The van der Waals surface area contributed by atoms with Gasteiger partial charge in [0.25, 0.3) is 0 Å². The number of nitriles is 1. The fraction of sp³-hybridized carbons (Fsp3) is 0.188. The Morgan fingerprint density at radius 3 is 2.90 bits per heavy atom. The third-order valence-electron chi connectivity index (χ3n) is 3.56. The van der Waals surface area contributed by atoms with Crippen LogP contribution in [0.3, 0.4) is 0 Å². The van der Waals surface area contributed by atoms with Gasteiger partial charge in [0.1, 0.15) is 6.07 Å². The highest BCUT2D eigenvalue weighted by Crippen LogP contribution is 2.32. The lowest BCUT2D eigenvalue weighted by Gasteiger charge is -2.14. The molecule has 0 saturated heterocycles. The van der Waals surface area contributed by atoms with Crippen LogP contribution in [0.1, 0.15) is 18.1 Å². The predicted octanol–water partition coefficient (Wildman–Crippen LogP) is 2.53. The molecule has 0 radical (unpaired) electrons. The van der Waals surface area contributed by atoms with E-state index in [2.05, 4.69) is 17.1 Å².